The average Bonchev–Trinajstić information content (AvgIpc) is 2.94. The van der Waals surface area contributed by atoms with Crippen LogP contribution >= 0.6 is 49.9 Å². The van der Waals surface area contributed by atoms with E-state index in [4.69, 9.17) is 0 Å². The number of carbonyl (C=O) groups is 1. The van der Waals surface area contributed by atoms with Crippen molar-refractivity contribution in [3.63, 3.8) is 0 Å². The lowest BCUT2D eigenvalue weighted by atomic mass is 10.2. The minimum Gasteiger partial charge on any atom is -0.353 e. The quantitative estimate of drug-likeness (QED) is 0.621. The van der Waals surface area contributed by atoms with Gasteiger partial charge in [0.2, 0.25) is 0 Å². The first-order valence-corrected chi connectivity index (χ1v) is 9.28. The maximum Gasteiger partial charge on any atom is 0.254 e. The van der Waals surface area contributed by atoms with Crippen LogP contribution in [0.4, 0.5) is 5.82 Å². The second-order valence-electron chi connectivity index (χ2n) is 4.75. The number of pyridine rings is 1. The molecule has 3 rings (SSSR count). The lowest BCUT2D eigenvalue weighted by Gasteiger charge is -2.35. The molecule has 1 saturated heterocycles. The van der Waals surface area contributed by atoms with Crippen LogP contribution in [0.3, 0.4) is 0 Å². The summed E-state index contributed by atoms with van der Waals surface area (Å²) in [6.07, 6.45) is 1.81. The summed E-state index contributed by atoms with van der Waals surface area (Å²) in [6.45, 7) is 3.12. The van der Waals surface area contributed by atoms with Crippen LogP contribution in [-0.2, 0) is 0 Å². The molecule has 2 aromatic rings. The van der Waals surface area contributed by atoms with Crippen LogP contribution in [0.1, 0.15) is 10.4 Å². The summed E-state index contributed by atoms with van der Waals surface area (Å²) in [5, 5.41) is 1.94. The van der Waals surface area contributed by atoms with Gasteiger partial charge in [-0.1, -0.05) is 0 Å². The van der Waals surface area contributed by atoms with Crippen LogP contribution in [0.25, 0.3) is 0 Å². The average molecular weight is 478 g/mol. The number of hydrogen-bond acceptors (Lipinski definition) is 4. The molecule has 0 saturated carbocycles. The van der Waals surface area contributed by atoms with Crippen LogP contribution in [-0.4, -0.2) is 42.0 Å². The highest BCUT2D eigenvalue weighted by Crippen LogP contribution is 2.20. The maximum atomic E-state index is 12.4. The van der Waals surface area contributed by atoms with Crippen LogP contribution in [0.2, 0.25) is 0 Å². The zero-order valence-electron chi connectivity index (χ0n) is 11.1. The minimum absolute atomic E-state index is 0.137. The summed E-state index contributed by atoms with van der Waals surface area (Å²) in [5.74, 6) is 1.10. The predicted molar refractivity (Wildman–Crippen MR) is 97.1 cm³/mol. The van der Waals surface area contributed by atoms with E-state index >= 15 is 0 Å². The van der Waals surface area contributed by atoms with Crippen molar-refractivity contribution < 1.29 is 4.79 Å². The molecular weight excluding hydrogens is 465 g/mol. The first-order chi connectivity index (χ1) is 10.1. The van der Waals surface area contributed by atoms with Crippen molar-refractivity contribution in [2.75, 3.05) is 31.1 Å². The molecule has 0 bridgehead atoms. The Morgan fingerprint density at radius 2 is 2.05 bits per heavy atom. The third kappa shape index (κ3) is 3.57. The number of hydrogen-bond donors (Lipinski definition) is 0. The fourth-order valence-corrected chi connectivity index (χ4v) is 3.85. The number of nitrogens with zero attached hydrogens (tertiary/aromatic N) is 3. The summed E-state index contributed by atoms with van der Waals surface area (Å²) in [4.78, 5) is 20.9. The molecule has 0 aliphatic carbocycles. The molecule has 1 fully saturated rings. The van der Waals surface area contributed by atoms with Gasteiger partial charge in [-0.05, 0) is 56.7 Å². The third-order valence-electron chi connectivity index (χ3n) is 3.42. The lowest BCUT2D eigenvalue weighted by Crippen LogP contribution is -2.49. The molecule has 0 N–H and O–H groups in total. The Morgan fingerprint density at radius 1 is 1.29 bits per heavy atom. The molecule has 0 spiro atoms. The molecule has 0 unspecified atom stereocenters. The van der Waals surface area contributed by atoms with Crippen molar-refractivity contribution in [3.8, 4) is 0 Å². The largest absolute Gasteiger partial charge is 0.353 e. The molecular formula is C14H13BrIN3OS. The fraction of sp³-hybridized carbons (Fsp3) is 0.286. The van der Waals surface area contributed by atoms with Crippen molar-refractivity contribution in [2.24, 2.45) is 0 Å². The number of aromatic nitrogens is 1. The van der Waals surface area contributed by atoms with Gasteiger partial charge in [0.15, 0.2) is 0 Å². The van der Waals surface area contributed by atoms with E-state index in [2.05, 4.69) is 48.4 Å². The molecule has 0 radical (unpaired) electrons. The fourth-order valence-electron chi connectivity index (χ4n) is 2.30. The predicted octanol–water partition coefficient (Wildman–Crippen LogP) is 3.47. The van der Waals surface area contributed by atoms with Gasteiger partial charge in [0.1, 0.15) is 5.82 Å². The van der Waals surface area contributed by atoms with Gasteiger partial charge in [-0.2, -0.15) is 0 Å². The van der Waals surface area contributed by atoms with Crippen LogP contribution < -0.4 is 4.90 Å². The highest BCUT2D eigenvalue weighted by Gasteiger charge is 2.23. The van der Waals surface area contributed by atoms with Crippen molar-refractivity contribution in [2.45, 2.75) is 0 Å². The van der Waals surface area contributed by atoms with E-state index in [-0.39, 0.29) is 5.91 Å². The molecule has 0 atom stereocenters. The molecule has 0 aromatic carbocycles. The van der Waals surface area contributed by atoms with Gasteiger partial charge in [0.25, 0.3) is 5.91 Å². The van der Waals surface area contributed by atoms with E-state index in [9.17, 15) is 4.79 Å². The Bertz CT molecular complexity index is 638. The molecule has 21 heavy (non-hydrogen) atoms. The molecule has 1 aliphatic rings. The number of carbonyl (C=O) groups excluding carboxylic acids is 1. The van der Waals surface area contributed by atoms with E-state index in [0.717, 1.165) is 44.9 Å². The highest BCUT2D eigenvalue weighted by atomic mass is 127. The number of anilines is 1. The Morgan fingerprint density at radius 3 is 2.62 bits per heavy atom. The number of halogens is 2. The van der Waals surface area contributed by atoms with E-state index < -0.39 is 0 Å². The van der Waals surface area contributed by atoms with Crippen LogP contribution in [0.15, 0.2) is 34.2 Å². The van der Waals surface area contributed by atoms with E-state index in [1.165, 1.54) is 0 Å². The smallest absolute Gasteiger partial charge is 0.254 e. The Balaban J connectivity index is 1.62. The second kappa shape index (κ2) is 6.62. The first-order valence-electron chi connectivity index (χ1n) is 6.53. The van der Waals surface area contributed by atoms with Crippen LogP contribution in [0.5, 0.6) is 0 Å². The van der Waals surface area contributed by atoms with Gasteiger partial charge in [-0.25, -0.2) is 4.98 Å². The van der Waals surface area contributed by atoms with Gasteiger partial charge in [-0.15, -0.1) is 11.3 Å². The van der Waals surface area contributed by atoms with E-state index in [1.807, 2.05) is 28.5 Å². The Kier molecular flexibility index (Phi) is 4.80. The van der Waals surface area contributed by atoms with Crippen molar-refractivity contribution in [1.82, 2.24) is 9.88 Å². The van der Waals surface area contributed by atoms with Gasteiger partial charge in [0.05, 0.1) is 8.45 Å². The first kappa shape index (κ1) is 15.2. The molecule has 7 heteroatoms. The SMILES string of the molecule is O=C(c1csc(I)c1)N1CCN(c2ccc(Br)cn2)CC1. The monoisotopic (exact) mass is 477 g/mol. The zero-order chi connectivity index (χ0) is 14.8. The number of rotatable bonds is 2. The summed E-state index contributed by atoms with van der Waals surface area (Å²) >= 11 is 7.25. The highest BCUT2D eigenvalue weighted by molar-refractivity contribution is 14.1. The van der Waals surface area contributed by atoms with Crippen molar-refractivity contribution in [3.05, 3.63) is 42.7 Å². The van der Waals surface area contributed by atoms with Gasteiger partial charge in [0, 0.05) is 42.2 Å². The number of piperazine rings is 1. The normalized spacial score (nSPS) is 15.3. The van der Waals surface area contributed by atoms with Crippen LogP contribution in [0, 0.1) is 2.88 Å². The van der Waals surface area contributed by atoms with E-state index in [1.54, 1.807) is 17.5 Å². The topological polar surface area (TPSA) is 36.4 Å². The second-order valence-corrected chi connectivity index (χ2v) is 8.47. The summed E-state index contributed by atoms with van der Waals surface area (Å²) in [7, 11) is 0. The van der Waals surface area contributed by atoms with Gasteiger partial charge < -0.3 is 9.80 Å². The minimum atomic E-state index is 0.137. The lowest BCUT2D eigenvalue weighted by molar-refractivity contribution is 0.0747. The van der Waals surface area contributed by atoms with Crippen molar-refractivity contribution in [1.29, 1.82) is 0 Å². The van der Waals surface area contributed by atoms with Gasteiger partial charge in [-0.3, -0.25) is 4.79 Å². The number of thiophene rings is 1. The molecule has 1 aliphatic heterocycles. The number of amides is 1. The molecule has 2 aromatic heterocycles. The Labute approximate surface area is 149 Å². The van der Waals surface area contributed by atoms with Gasteiger partial charge >= 0.3 is 0 Å². The standard InChI is InChI=1S/C14H13BrIN3OS/c15-11-1-2-13(17-8-11)18-3-5-19(6-4-18)14(20)10-7-12(16)21-9-10/h1-2,7-9H,3-6H2. The third-order valence-corrected chi connectivity index (χ3v) is 5.68. The summed E-state index contributed by atoms with van der Waals surface area (Å²) in [6, 6.07) is 5.95. The maximum absolute atomic E-state index is 12.4. The summed E-state index contributed by atoms with van der Waals surface area (Å²) < 4.78 is 2.13. The van der Waals surface area contributed by atoms with E-state index in [0.29, 0.717) is 0 Å². The molecule has 110 valence electrons. The molecule has 3 heterocycles. The molecule has 1 amide bonds. The zero-order valence-corrected chi connectivity index (χ0v) is 15.7. The Hall–Kier alpha value is -0.670. The summed E-state index contributed by atoms with van der Waals surface area (Å²) in [5.41, 5.74) is 0.805. The molecule has 4 nitrogen and oxygen atoms in total. The van der Waals surface area contributed by atoms with Crippen molar-refractivity contribution >= 4 is 61.6 Å².